The first-order valence-corrected chi connectivity index (χ1v) is 8.78. The molecule has 1 atom stereocenters. The average molecular weight is 330 g/mol. The number of piperidine rings is 1. The maximum Gasteiger partial charge on any atom is 0.317 e. The van der Waals surface area contributed by atoms with Gasteiger partial charge in [0.2, 0.25) is 0 Å². The second kappa shape index (κ2) is 7.66. The summed E-state index contributed by atoms with van der Waals surface area (Å²) in [6.07, 6.45) is 3.15. The number of imidazole rings is 1. The number of likely N-dealkylation sites (tertiary alicyclic amines) is 1. The second-order valence-corrected chi connectivity index (χ2v) is 6.60. The zero-order chi connectivity index (χ0) is 16.9. The summed E-state index contributed by atoms with van der Waals surface area (Å²) >= 11 is 0. The third kappa shape index (κ3) is 4.06. The Morgan fingerprint density at radius 3 is 2.88 bits per heavy atom. The summed E-state index contributed by atoms with van der Waals surface area (Å²) in [4.78, 5) is 21.8. The fourth-order valence-electron chi connectivity index (χ4n) is 3.27. The number of H-pyrrole nitrogens is 1. The van der Waals surface area contributed by atoms with Crippen LogP contribution in [0.2, 0.25) is 0 Å². The van der Waals surface area contributed by atoms with E-state index in [1.165, 1.54) is 0 Å². The van der Waals surface area contributed by atoms with Crippen molar-refractivity contribution < 1.29 is 9.90 Å². The van der Waals surface area contributed by atoms with Crippen LogP contribution in [0.1, 0.15) is 32.0 Å². The molecule has 3 rings (SSSR count). The third-order valence-corrected chi connectivity index (χ3v) is 4.81. The van der Waals surface area contributed by atoms with Crippen LogP contribution in [0.25, 0.3) is 11.0 Å². The van der Waals surface area contributed by atoms with E-state index in [2.05, 4.69) is 15.3 Å². The second-order valence-electron chi connectivity index (χ2n) is 6.60. The van der Waals surface area contributed by atoms with E-state index in [9.17, 15) is 9.90 Å². The maximum atomic E-state index is 12.2. The number of amides is 2. The van der Waals surface area contributed by atoms with Crippen LogP contribution < -0.4 is 5.32 Å². The summed E-state index contributed by atoms with van der Waals surface area (Å²) in [5.74, 6) is 1.28. The first kappa shape index (κ1) is 16.8. The van der Waals surface area contributed by atoms with Crippen LogP contribution in [-0.2, 0) is 6.42 Å². The minimum atomic E-state index is -0.279. The number of rotatable bonds is 5. The van der Waals surface area contributed by atoms with Gasteiger partial charge in [-0.3, -0.25) is 0 Å². The van der Waals surface area contributed by atoms with Crippen molar-refractivity contribution in [3.63, 3.8) is 0 Å². The van der Waals surface area contributed by atoms with Crippen molar-refractivity contribution in [2.24, 2.45) is 5.92 Å². The van der Waals surface area contributed by atoms with Gasteiger partial charge in [0, 0.05) is 26.1 Å². The number of aromatic amines is 1. The number of hydrogen-bond acceptors (Lipinski definition) is 3. The summed E-state index contributed by atoms with van der Waals surface area (Å²) in [7, 11) is 0. The molecule has 6 heteroatoms. The molecule has 1 fully saturated rings. The number of benzene rings is 1. The van der Waals surface area contributed by atoms with Gasteiger partial charge < -0.3 is 20.3 Å². The fraction of sp³-hybridized carbons (Fsp3) is 0.556. The molecule has 0 unspecified atom stereocenters. The number of aliphatic hydroxyl groups is 1. The molecular weight excluding hydrogens is 304 g/mol. The standard InChI is InChI=1S/C18H26N4O2/c1-13(23)14-8-11-22(12-9-14)18(24)19-10-4-7-17-20-15-5-2-3-6-16(15)21-17/h2-3,5-6,13-14,23H,4,7-12H2,1H3,(H,19,24)(H,20,21)/t13-/m0/s1. The molecule has 0 saturated carbocycles. The number of hydrogen-bond donors (Lipinski definition) is 3. The van der Waals surface area contributed by atoms with Crippen molar-refractivity contribution in [3.8, 4) is 0 Å². The van der Waals surface area contributed by atoms with Crippen molar-refractivity contribution in [1.29, 1.82) is 0 Å². The fourth-order valence-corrected chi connectivity index (χ4v) is 3.27. The summed E-state index contributed by atoms with van der Waals surface area (Å²) in [6.45, 7) is 3.93. The third-order valence-electron chi connectivity index (χ3n) is 4.81. The number of carbonyl (C=O) groups excluding carboxylic acids is 1. The van der Waals surface area contributed by atoms with Crippen LogP contribution in [-0.4, -0.2) is 51.7 Å². The predicted octanol–water partition coefficient (Wildman–Crippen LogP) is 2.30. The number of carbonyl (C=O) groups is 1. The quantitative estimate of drug-likeness (QED) is 0.736. The highest BCUT2D eigenvalue weighted by Gasteiger charge is 2.25. The number of nitrogens with one attached hydrogen (secondary N) is 2. The van der Waals surface area contributed by atoms with Gasteiger partial charge in [-0.05, 0) is 44.2 Å². The molecule has 0 bridgehead atoms. The van der Waals surface area contributed by atoms with E-state index in [1.54, 1.807) is 0 Å². The Kier molecular flexibility index (Phi) is 5.35. The summed E-state index contributed by atoms with van der Waals surface area (Å²) in [5.41, 5.74) is 2.04. The molecule has 0 radical (unpaired) electrons. The van der Waals surface area contributed by atoms with Crippen LogP contribution in [0.15, 0.2) is 24.3 Å². The molecule has 2 aromatic rings. The molecule has 1 saturated heterocycles. The van der Waals surface area contributed by atoms with Crippen LogP contribution in [0, 0.1) is 5.92 Å². The minimum absolute atomic E-state index is 0.00338. The first-order valence-electron chi connectivity index (χ1n) is 8.78. The van der Waals surface area contributed by atoms with E-state index in [0.29, 0.717) is 12.5 Å². The zero-order valence-corrected chi connectivity index (χ0v) is 14.2. The van der Waals surface area contributed by atoms with Crippen molar-refractivity contribution in [3.05, 3.63) is 30.1 Å². The van der Waals surface area contributed by atoms with Crippen molar-refractivity contribution in [1.82, 2.24) is 20.2 Å². The number of aliphatic hydroxyl groups excluding tert-OH is 1. The summed E-state index contributed by atoms with van der Waals surface area (Å²) in [5, 5.41) is 12.6. The molecular formula is C18H26N4O2. The molecule has 2 heterocycles. The highest BCUT2D eigenvalue weighted by molar-refractivity contribution is 5.75. The minimum Gasteiger partial charge on any atom is -0.393 e. The van der Waals surface area contributed by atoms with E-state index in [0.717, 1.165) is 55.6 Å². The number of para-hydroxylation sites is 2. The Hall–Kier alpha value is -2.08. The van der Waals surface area contributed by atoms with Gasteiger partial charge in [0.15, 0.2) is 0 Å². The van der Waals surface area contributed by atoms with Crippen LogP contribution in [0.4, 0.5) is 4.79 Å². The van der Waals surface area contributed by atoms with Crippen molar-refractivity contribution in [2.75, 3.05) is 19.6 Å². The molecule has 0 aliphatic carbocycles. The van der Waals surface area contributed by atoms with E-state index >= 15 is 0 Å². The Bertz CT molecular complexity index is 641. The van der Waals surface area contributed by atoms with E-state index < -0.39 is 0 Å². The normalized spacial score (nSPS) is 17.2. The number of fused-ring (bicyclic) bond motifs is 1. The zero-order valence-electron chi connectivity index (χ0n) is 14.2. The molecule has 2 amide bonds. The Balaban J connectivity index is 1.38. The predicted molar refractivity (Wildman–Crippen MR) is 93.8 cm³/mol. The maximum absolute atomic E-state index is 12.2. The molecule has 24 heavy (non-hydrogen) atoms. The molecule has 6 nitrogen and oxygen atoms in total. The highest BCUT2D eigenvalue weighted by atomic mass is 16.3. The van der Waals surface area contributed by atoms with Gasteiger partial charge in [0.25, 0.3) is 0 Å². The SMILES string of the molecule is C[C@H](O)C1CCN(C(=O)NCCCc2nc3ccccc3[nH]2)CC1. The van der Waals surface area contributed by atoms with Gasteiger partial charge in [-0.25, -0.2) is 9.78 Å². The van der Waals surface area contributed by atoms with Gasteiger partial charge in [-0.1, -0.05) is 12.1 Å². The van der Waals surface area contributed by atoms with Crippen molar-refractivity contribution in [2.45, 2.75) is 38.7 Å². The van der Waals surface area contributed by atoms with Gasteiger partial charge in [0.1, 0.15) is 5.82 Å². The lowest BCUT2D eigenvalue weighted by atomic mass is 9.92. The van der Waals surface area contributed by atoms with Gasteiger partial charge in [0.05, 0.1) is 17.1 Å². The summed E-state index contributed by atoms with van der Waals surface area (Å²) < 4.78 is 0. The molecule has 1 aliphatic rings. The molecule has 1 aromatic carbocycles. The lowest BCUT2D eigenvalue weighted by Crippen LogP contribution is -2.46. The molecule has 1 aliphatic heterocycles. The van der Waals surface area contributed by atoms with Gasteiger partial charge >= 0.3 is 6.03 Å². The number of urea groups is 1. The van der Waals surface area contributed by atoms with Gasteiger partial charge in [-0.15, -0.1) is 0 Å². The first-order chi connectivity index (χ1) is 11.6. The number of aromatic nitrogens is 2. The van der Waals surface area contributed by atoms with Crippen LogP contribution in [0.3, 0.4) is 0 Å². The molecule has 130 valence electrons. The monoisotopic (exact) mass is 330 g/mol. The van der Waals surface area contributed by atoms with E-state index in [4.69, 9.17) is 0 Å². The smallest absolute Gasteiger partial charge is 0.317 e. The van der Waals surface area contributed by atoms with Gasteiger partial charge in [-0.2, -0.15) is 0 Å². The van der Waals surface area contributed by atoms with Crippen LogP contribution >= 0.6 is 0 Å². The molecule has 1 aromatic heterocycles. The topological polar surface area (TPSA) is 81.2 Å². The number of aryl methyl sites for hydroxylation is 1. The van der Waals surface area contributed by atoms with Crippen molar-refractivity contribution >= 4 is 17.1 Å². The lowest BCUT2D eigenvalue weighted by Gasteiger charge is -2.33. The largest absolute Gasteiger partial charge is 0.393 e. The molecule has 0 spiro atoms. The Morgan fingerprint density at radius 1 is 1.42 bits per heavy atom. The molecule has 3 N–H and O–H groups in total. The van der Waals surface area contributed by atoms with E-state index in [-0.39, 0.29) is 12.1 Å². The number of nitrogens with zero attached hydrogens (tertiary/aromatic N) is 2. The average Bonchev–Trinajstić information content (AvgIpc) is 3.01. The highest BCUT2D eigenvalue weighted by Crippen LogP contribution is 2.20. The Labute approximate surface area is 142 Å². The van der Waals surface area contributed by atoms with Crippen LogP contribution in [0.5, 0.6) is 0 Å². The van der Waals surface area contributed by atoms with E-state index in [1.807, 2.05) is 36.1 Å². The lowest BCUT2D eigenvalue weighted by molar-refractivity contribution is 0.0798. The summed E-state index contributed by atoms with van der Waals surface area (Å²) in [6, 6.07) is 7.99. The Morgan fingerprint density at radius 2 is 2.17 bits per heavy atom.